The summed E-state index contributed by atoms with van der Waals surface area (Å²) >= 11 is 0. The Kier molecular flexibility index (Phi) is 5.81. The monoisotopic (exact) mass is 226 g/mol. The lowest BCUT2D eigenvalue weighted by molar-refractivity contribution is -0.123. The highest BCUT2D eigenvalue weighted by molar-refractivity contribution is 5.76. The number of rotatable bonds is 5. The topological polar surface area (TPSA) is 41.1 Å². The second kappa shape index (κ2) is 6.89. The molecule has 1 fully saturated rings. The van der Waals surface area contributed by atoms with Gasteiger partial charge in [0.05, 0.1) is 0 Å². The summed E-state index contributed by atoms with van der Waals surface area (Å²) in [5.74, 6) is 1.39. The van der Waals surface area contributed by atoms with Crippen LogP contribution in [0.15, 0.2) is 0 Å². The van der Waals surface area contributed by atoms with Crippen LogP contribution in [0.5, 0.6) is 0 Å². The smallest absolute Gasteiger partial charge is 0.220 e. The molecule has 0 saturated carbocycles. The van der Waals surface area contributed by atoms with Crippen LogP contribution in [-0.4, -0.2) is 25.0 Å². The van der Waals surface area contributed by atoms with Gasteiger partial charge in [-0.1, -0.05) is 20.3 Å². The number of amides is 1. The van der Waals surface area contributed by atoms with Crippen LogP contribution < -0.4 is 10.6 Å². The van der Waals surface area contributed by atoms with E-state index < -0.39 is 0 Å². The average molecular weight is 226 g/mol. The molecule has 0 spiro atoms. The standard InChI is InChI=1S/C13H26N2O/c1-4-10(2)11(3)15-13(16)9-12-5-7-14-8-6-12/h10-12,14H,4-9H2,1-3H3,(H,15,16). The molecular formula is C13H26N2O. The SMILES string of the molecule is CCC(C)C(C)NC(=O)CC1CCNCC1. The number of hydrogen-bond donors (Lipinski definition) is 2. The second-order valence-corrected chi connectivity index (χ2v) is 5.14. The van der Waals surface area contributed by atoms with Gasteiger partial charge in [0, 0.05) is 12.5 Å². The van der Waals surface area contributed by atoms with Crippen molar-refractivity contribution in [2.75, 3.05) is 13.1 Å². The van der Waals surface area contributed by atoms with Crippen molar-refractivity contribution >= 4 is 5.91 Å². The van der Waals surface area contributed by atoms with Gasteiger partial charge in [0.1, 0.15) is 0 Å². The Bertz CT molecular complexity index is 206. The summed E-state index contributed by atoms with van der Waals surface area (Å²) in [6.45, 7) is 8.60. The third kappa shape index (κ3) is 4.52. The molecule has 2 N–H and O–H groups in total. The van der Waals surface area contributed by atoms with E-state index in [0.717, 1.165) is 32.4 Å². The van der Waals surface area contributed by atoms with Crippen molar-refractivity contribution in [1.82, 2.24) is 10.6 Å². The molecule has 1 heterocycles. The van der Waals surface area contributed by atoms with Gasteiger partial charge in [0.2, 0.25) is 5.91 Å². The van der Waals surface area contributed by atoms with Crippen LogP contribution in [-0.2, 0) is 4.79 Å². The predicted molar refractivity (Wildman–Crippen MR) is 67.3 cm³/mol. The van der Waals surface area contributed by atoms with Gasteiger partial charge in [-0.2, -0.15) is 0 Å². The Morgan fingerprint density at radius 3 is 2.56 bits per heavy atom. The number of hydrogen-bond acceptors (Lipinski definition) is 2. The van der Waals surface area contributed by atoms with Gasteiger partial charge in [0.15, 0.2) is 0 Å². The summed E-state index contributed by atoms with van der Waals surface area (Å²) in [4.78, 5) is 11.8. The van der Waals surface area contributed by atoms with Crippen LogP contribution in [0.4, 0.5) is 0 Å². The van der Waals surface area contributed by atoms with Gasteiger partial charge >= 0.3 is 0 Å². The second-order valence-electron chi connectivity index (χ2n) is 5.14. The van der Waals surface area contributed by atoms with E-state index in [9.17, 15) is 4.79 Å². The lowest BCUT2D eigenvalue weighted by Crippen LogP contribution is -2.39. The maximum atomic E-state index is 11.8. The molecule has 2 atom stereocenters. The molecule has 1 aliphatic rings. The minimum absolute atomic E-state index is 0.236. The Labute approximate surface area is 99.4 Å². The fourth-order valence-electron chi connectivity index (χ4n) is 2.16. The average Bonchev–Trinajstić information content (AvgIpc) is 2.29. The van der Waals surface area contributed by atoms with Crippen molar-refractivity contribution in [2.24, 2.45) is 11.8 Å². The van der Waals surface area contributed by atoms with E-state index in [1.807, 2.05) is 0 Å². The van der Waals surface area contributed by atoms with Crippen LogP contribution in [0.25, 0.3) is 0 Å². The third-order valence-electron chi connectivity index (χ3n) is 3.82. The van der Waals surface area contributed by atoms with Crippen molar-refractivity contribution in [1.29, 1.82) is 0 Å². The molecule has 0 aliphatic carbocycles. The lowest BCUT2D eigenvalue weighted by atomic mass is 9.93. The van der Waals surface area contributed by atoms with Crippen molar-refractivity contribution in [3.63, 3.8) is 0 Å². The van der Waals surface area contributed by atoms with Gasteiger partial charge < -0.3 is 10.6 Å². The summed E-state index contributed by atoms with van der Waals surface area (Å²) in [6.07, 6.45) is 4.12. The van der Waals surface area contributed by atoms with E-state index in [1.165, 1.54) is 0 Å². The van der Waals surface area contributed by atoms with Gasteiger partial charge in [0.25, 0.3) is 0 Å². The minimum Gasteiger partial charge on any atom is -0.353 e. The number of carbonyl (C=O) groups excluding carboxylic acids is 1. The van der Waals surface area contributed by atoms with E-state index in [-0.39, 0.29) is 5.91 Å². The first-order valence-corrected chi connectivity index (χ1v) is 6.63. The van der Waals surface area contributed by atoms with E-state index in [1.54, 1.807) is 0 Å². The Balaban J connectivity index is 2.23. The Hall–Kier alpha value is -0.570. The van der Waals surface area contributed by atoms with Gasteiger partial charge in [-0.3, -0.25) is 4.79 Å². The summed E-state index contributed by atoms with van der Waals surface area (Å²) in [6, 6.07) is 0.305. The van der Waals surface area contributed by atoms with Crippen molar-refractivity contribution in [3.8, 4) is 0 Å². The molecule has 3 heteroatoms. The van der Waals surface area contributed by atoms with Crippen molar-refractivity contribution in [3.05, 3.63) is 0 Å². The van der Waals surface area contributed by atoms with Gasteiger partial charge in [-0.05, 0) is 44.7 Å². The molecule has 2 unspecified atom stereocenters. The van der Waals surface area contributed by atoms with Crippen LogP contribution in [0.3, 0.4) is 0 Å². The molecule has 0 aromatic heterocycles. The molecule has 16 heavy (non-hydrogen) atoms. The Morgan fingerprint density at radius 2 is 2.00 bits per heavy atom. The normalized spacial score (nSPS) is 21.4. The van der Waals surface area contributed by atoms with Crippen LogP contribution >= 0.6 is 0 Å². The first-order chi connectivity index (χ1) is 7.63. The highest BCUT2D eigenvalue weighted by Gasteiger charge is 2.19. The predicted octanol–water partition coefficient (Wildman–Crippen LogP) is 1.93. The first-order valence-electron chi connectivity index (χ1n) is 6.63. The number of nitrogens with one attached hydrogen (secondary N) is 2. The quantitative estimate of drug-likeness (QED) is 0.752. The zero-order chi connectivity index (χ0) is 12.0. The fourth-order valence-corrected chi connectivity index (χ4v) is 2.16. The zero-order valence-corrected chi connectivity index (χ0v) is 10.9. The molecule has 0 bridgehead atoms. The van der Waals surface area contributed by atoms with E-state index in [2.05, 4.69) is 31.4 Å². The van der Waals surface area contributed by atoms with E-state index >= 15 is 0 Å². The molecular weight excluding hydrogens is 200 g/mol. The summed E-state index contributed by atoms with van der Waals surface area (Å²) in [5.41, 5.74) is 0. The summed E-state index contributed by atoms with van der Waals surface area (Å²) in [7, 11) is 0. The van der Waals surface area contributed by atoms with E-state index in [0.29, 0.717) is 24.3 Å². The zero-order valence-electron chi connectivity index (χ0n) is 10.9. The molecule has 1 rings (SSSR count). The maximum Gasteiger partial charge on any atom is 0.220 e. The molecule has 1 aliphatic heterocycles. The summed E-state index contributed by atoms with van der Waals surface area (Å²) in [5, 5.41) is 6.44. The van der Waals surface area contributed by atoms with Crippen molar-refractivity contribution < 1.29 is 4.79 Å². The van der Waals surface area contributed by atoms with Gasteiger partial charge in [-0.25, -0.2) is 0 Å². The van der Waals surface area contributed by atoms with E-state index in [4.69, 9.17) is 0 Å². The lowest BCUT2D eigenvalue weighted by Gasteiger charge is -2.24. The molecule has 1 saturated heterocycles. The third-order valence-corrected chi connectivity index (χ3v) is 3.82. The van der Waals surface area contributed by atoms with Crippen molar-refractivity contribution in [2.45, 2.75) is 52.5 Å². The highest BCUT2D eigenvalue weighted by atomic mass is 16.1. The first kappa shape index (κ1) is 13.5. The molecule has 0 aromatic rings. The highest BCUT2D eigenvalue weighted by Crippen LogP contribution is 2.16. The van der Waals surface area contributed by atoms with Gasteiger partial charge in [-0.15, -0.1) is 0 Å². The van der Waals surface area contributed by atoms with Crippen LogP contribution in [0, 0.1) is 11.8 Å². The largest absolute Gasteiger partial charge is 0.353 e. The van der Waals surface area contributed by atoms with Crippen LogP contribution in [0.1, 0.15) is 46.5 Å². The number of piperidine rings is 1. The maximum absolute atomic E-state index is 11.8. The van der Waals surface area contributed by atoms with Crippen LogP contribution in [0.2, 0.25) is 0 Å². The molecule has 1 amide bonds. The molecule has 3 nitrogen and oxygen atoms in total. The molecule has 0 aromatic carbocycles. The molecule has 0 radical (unpaired) electrons. The number of carbonyl (C=O) groups is 1. The fraction of sp³-hybridized carbons (Fsp3) is 0.923. The summed E-state index contributed by atoms with van der Waals surface area (Å²) < 4.78 is 0. The Morgan fingerprint density at radius 1 is 1.38 bits per heavy atom. The molecule has 94 valence electrons. The minimum atomic E-state index is 0.236.